The van der Waals surface area contributed by atoms with Crippen LogP contribution in [0.1, 0.15) is 25.3 Å². The molecule has 13 heteroatoms. The standard InChI is InChI=1S/C18H14Cl3F2N5O3/c1-7(2)9-5-13(25-26-16(9)21)31-15-10(19)3-8(4-11(15)20)14-17(29)24-18(30)28(27-14)6-12(22)23/h3-5,7,12H,6H2,1-2H3,(H,24,29,30). The maximum absolute atomic E-state index is 12.7. The van der Waals surface area contributed by atoms with E-state index in [9.17, 15) is 18.4 Å². The van der Waals surface area contributed by atoms with E-state index in [-0.39, 0.29) is 44.0 Å². The number of H-pyrrole nitrogens is 1. The zero-order valence-electron chi connectivity index (χ0n) is 16.0. The predicted molar refractivity (Wildman–Crippen MR) is 112 cm³/mol. The maximum atomic E-state index is 12.7. The molecule has 3 rings (SSSR count). The van der Waals surface area contributed by atoms with Gasteiger partial charge in [0.2, 0.25) is 5.88 Å². The Labute approximate surface area is 188 Å². The second-order valence-corrected chi connectivity index (χ2v) is 7.81. The Kier molecular flexibility index (Phi) is 6.93. The highest BCUT2D eigenvalue weighted by Gasteiger charge is 2.18. The van der Waals surface area contributed by atoms with Crippen LogP contribution in [0.5, 0.6) is 11.6 Å². The molecule has 0 aliphatic carbocycles. The molecule has 1 aromatic carbocycles. The molecule has 0 bridgehead atoms. The number of benzene rings is 1. The Morgan fingerprint density at radius 2 is 1.74 bits per heavy atom. The Morgan fingerprint density at radius 3 is 2.32 bits per heavy atom. The average molecular weight is 493 g/mol. The lowest BCUT2D eigenvalue weighted by Crippen LogP contribution is -2.35. The van der Waals surface area contributed by atoms with Gasteiger partial charge in [0, 0.05) is 11.6 Å². The summed E-state index contributed by atoms with van der Waals surface area (Å²) in [7, 11) is 0. The molecule has 0 saturated carbocycles. The average Bonchev–Trinajstić information content (AvgIpc) is 2.67. The number of aromatic nitrogens is 5. The lowest BCUT2D eigenvalue weighted by atomic mass is 10.1. The molecule has 0 aliphatic rings. The van der Waals surface area contributed by atoms with Crippen LogP contribution in [-0.2, 0) is 6.54 Å². The fourth-order valence-electron chi connectivity index (χ4n) is 2.60. The molecule has 0 radical (unpaired) electrons. The van der Waals surface area contributed by atoms with Gasteiger partial charge in [-0.25, -0.2) is 18.3 Å². The van der Waals surface area contributed by atoms with Gasteiger partial charge in [0.1, 0.15) is 6.54 Å². The van der Waals surface area contributed by atoms with Crippen LogP contribution in [0.15, 0.2) is 27.8 Å². The van der Waals surface area contributed by atoms with Gasteiger partial charge in [-0.3, -0.25) is 9.78 Å². The van der Waals surface area contributed by atoms with Gasteiger partial charge in [0.15, 0.2) is 16.6 Å². The first-order chi connectivity index (χ1) is 14.6. The van der Waals surface area contributed by atoms with Crippen molar-refractivity contribution in [1.29, 1.82) is 0 Å². The Balaban J connectivity index is 2.01. The van der Waals surface area contributed by atoms with Gasteiger partial charge in [-0.05, 0) is 23.6 Å². The van der Waals surface area contributed by atoms with Gasteiger partial charge in [-0.1, -0.05) is 48.7 Å². The Hall–Kier alpha value is -2.56. The summed E-state index contributed by atoms with van der Waals surface area (Å²) in [5.41, 5.74) is -1.47. The van der Waals surface area contributed by atoms with Crippen molar-refractivity contribution in [2.45, 2.75) is 32.7 Å². The van der Waals surface area contributed by atoms with E-state index < -0.39 is 24.2 Å². The van der Waals surface area contributed by atoms with Gasteiger partial charge >= 0.3 is 5.69 Å². The SMILES string of the molecule is CC(C)c1cc(Oc2c(Cl)cc(-c3nn(CC(F)F)c(=O)[nH]c3=O)cc2Cl)nnc1Cl. The minimum atomic E-state index is -2.84. The molecule has 3 aromatic rings. The van der Waals surface area contributed by atoms with E-state index in [1.807, 2.05) is 18.8 Å². The summed E-state index contributed by atoms with van der Waals surface area (Å²) in [4.78, 5) is 25.7. The van der Waals surface area contributed by atoms with Crippen molar-refractivity contribution in [3.8, 4) is 22.9 Å². The molecule has 31 heavy (non-hydrogen) atoms. The topological polar surface area (TPSA) is 103 Å². The minimum absolute atomic E-state index is 0.0156. The number of rotatable bonds is 6. The van der Waals surface area contributed by atoms with Crippen molar-refractivity contribution in [2.24, 2.45) is 0 Å². The molecular weight excluding hydrogens is 479 g/mol. The Bertz CT molecular complexity index is 1220. The summed E-state index contributed by atoms with van der Waals surface area (Å²) in [5.74, 6) is 0.169. The van der Waals surface area contributed by atoms with Crippen LogP contribution < -0.4 is 16.0 Å². The van der Waals surface area contributed by atoms with Gasteiger partial charge in [0.25, 0.3) is 12.0 Å². The van der Waals surface area contributed by atoms with Crippen molar-refractivity contribution in [2.75, 3.05) is 0 Å². The summed E-state index contributed by atoms with van der Waals surface area (Å²) >= 11 is 18.6. The zero-order chi connectivity index (χ0) is 22.9. The summed E-state index contributed by atoms with van der Waals surface area (Å²) in [5, 5.41) is 11.6. The van der Waals surface area contributed by atoms with Crippen molar-refractivity contribution in [3.05, 3.63) is 59.8 Å². The summed E-state index contributed by atoms with van der Waals surface area (Å²) in [6.07, 6.45) is -2.84. The number of hydrogen-bond acceptors (Lipinski definition) is 6. The van der Waals surface area contributed by atoms with Crippen LogP contribution in [0, 0.1) is 0 Å². The fraction of sp³-hybridized carbons (Fsp3) is 0.278. The second kappa shape index (κ2) is 9.29. The largest absolute Gasteiger partial charge is 0.434 e. The minimum Gasteiger partial charge on any atom is -0.434 e. The Morgan fingerprint density at radius 1 is 1.10 bits per heavy atom. The van der Waals surface area contributed by atoms with Gasteiger partial charge in [0.05, 0.1) is 10.0 Å². The smallest absolute Gasteiger partial charge is 0.344 e. The van der Waals surface area contributed by atoms with Crippen molar-refractivity contribution in [1.82, 2.24) is 25.0 Å². The molecule has 1 N–H and O–H groups in total. The first-order valence-electron chi connectivity index (χ1n) is 8.76. The number of aromatic amines is 1. The van der Waals surface area contributed by atoms with Crippen LogP contribution in [0.2, 0.25) is 15.2 Å². The fourth-order valence-corrected chi connectivity index (χ4v) is 3.48. The molecule has 2 aromatic heterocycles. The van der Waals surface area contributed by atoms with Crippen LogP contribution in [0.3, 0.4) is 0 Å². The molecule has 164 valence electrons. The first kappa shape index (κ1) is 23.1. The summed E-state index contributed by atoms with van der Waals surface area (Å²) in [6.45, 7) is 2.84. The van der Waals surface area contributed by atoms with Crippen LogP contribution >= 0.6 is 34.8 Å². The molecule has 0 unspecified atom stereocenters. The lowest BCUT2D eigenvalue weighted by molar-refractivity contribution is 0.119. The van der Waals surface area contributed by atoms with E-state index in [4.69, 9.17) is 39.5 Å². The number of alkyl halides is 2. The number of hydrogen-bond donors (Lipinski definition) is 1. The monoisotopic (exact) mass is 491 g/mol. The molecule has 0 fully saturated rings. The van der Waals surface area contributed by atoms with Crippen LogP contribution in [-0.4, -0.2) is 31.4 Å². The number of nitrogens with one attached hydrogen (secondary N) is 1. The number of halogens is 5. The molecule has 0 aliphatic heterocycles. The van der Waals surface area contributed by atoms with Gasteiger partial charge < -0.3 is 4.74 Å². The maximum Gasteiger partial charge on any atom is 0.344 e. The van der Waals surface area contributed by atoms with E-state index in [0.717, 1.165) is 0 Å². The van der Waals surface area contributed by atoms with Crippen LogP contribution in [0.4, 0.5) is 8.78 Å². The highest BCUT2D eigenvalue weighted by Crippen LogP contribution is 2.39. The van der Waals surface area contributed by atoms with Crippen molar-refractivity contribution in [3.63, 3.8) is 0 Å². The molecule has 0 amide bonds. The number of nitrogens with zero attached hydrogens (tertiary/aromatic N) is 4. The quantitative estimate of drug-likeness (QED) is 0.542. The third-order valence-corrected chi connectivity index (χ3v) is 4.91. The molecule has 0 atom stereocenters. The first-order valence-corrected chi connectivity index (χ1v) is 9.90. The van der Waals surface area contributed by atoms with E-state index >= 15 is 0 Å². The summed E-state index contributed by atoms with van der Waals surface area (Å²) in [6, 6.07) is 4.18. The molecule has 0 saturated heterocycles. The van der Waals surface area contributed by atoms with Crippen LogP contribution in [0.25, 0.3) is 11.3 Å². The van der Waals surface area contributed by atoms with E-state index in [0.29, 0.717) is 10.2 Å². The van der Waals surface area contributed by atoms with E-state index in [1.165, 1.54) is 12.1 Å². The third kappa shape index (κ3) is 5.20. The van der Waals surface area contributed by atoms with Gasteiger partial charge in [-0.15, -0.1) is 10.2 Å². The zero-order valence-corrected chi connectivity index (χ0v) is 18.3. The molecule has 0 spiro atoms. The third-order valence-electron chi connectivity index (χ3n) is 4.06. The van der Waals surface area contributed by atoms with Crippen molar-refractivity contribution >= 4 is 34.8 Å². The van der Waals surface area contributed by atoms with E-state index in [1.54, 1.807) is 6.07 Å². The number of ether oxygens (including phenoxy) is 1. The van der Waals surface area contributed by atoms with Gasteiger partial charge in [-0.2, -0.15) is 5.10 Å². The molecular formula is C18H14Cl3F2N5O3. The predicted octanol–water partition coefficient (Wildman–Crippen LogP) is 4.53. The summed E-state index contributed by atoms with van der Waals surface area (Å²) < 4.78 is 31.4. The lowest BCUT2D eigenvalue weighted by Gasteiger charge is -2.13. The second-order valence-electron chi connectivity index (χ2n) is 6.64. The van der Waals surface area contributed by atoms with Crippen molar-refractivity contribution < 1.29 is 13.5 Å². The molecule has 8 nitrogen and oxygen atoms in total. The molecule has 2 heterocycles. The highest BCUT2D eigenvalue weighted by atomic mass is 35.5. The normalized spacial score (nSPS) is 11.4. The van der Waals surface area contributed by atoms with E-state index in [2.05, 4.69) is 15.3 Å². The highest BCUT2D eigenvalue weighted by molar-refractivity contribution is 6.37.